The highest BCUT2D eigenvalue weighted by Crippen LogP contribution is 2.37. The van der Waals surface area contributed by atoms with Crippen molar-refractivity contribution in [3.05, 3.63) is 59.7 Å². The Morgan fingerprint density at radius 2 is 1.57 bits per heavy atom. The highest BCUT2D eigenvalue weighted by atomic mass is 19.4. The quantitative estimate of drug-likeness (QED) is 0.592. The minimum atomic E-state index is -5.01. The van der Waals surface area contributed by atoms with Gasteiger partial charge in [0.15, 0.2) is 0 Å². The molecule has 0 radical (unpaired) electrons. The molecule has 2 aromatic heterocycles. The minimum absolute atomic E-state index is 0.0191. The van der Waals surface area contributed by atoms with Crippen LogP contribution in [-0.4, -0.2) is 21.0 Å². The lowest BCUT2D eigenvalue weighted by Gasteiger charge is -2.14. The van der Waals surface area contributed by atoms with E-state index in [4.69, 9.17) is 4.52 Å². The number of rotatable bonds is 5. The van der Waals surface area contributed by atoms with Gasteiger partial charge in [-0.25, -0.2) is 0 Å². The van der Waals surface area contributed by atoms with Gasteiger partial charge in [-0.1, -0.05) is 5.16 Å². The number of amides is 1. The lowest BCUT2D eigenvalue weighted by atomic mass is 10.1. The van der Waals surface area contributed by atoms with Gasteiger partial charge in [-0.3, -0.25) is 9.78 Å². The van der Waals surface area contributed by atoms with Crippen LogP contribution >= 0.6 is 0 Å². The van der Waals surface area contributed by atoms with Crippen molar-refractivity contribution in [2.45, 2.75) is 25.2 Å². The summed E-state index contributed by atoms with van der Waals surface area (Å²) in [7, 11) is 0. The summed E-state index contributed by atoms with van der Waals surface area (Å²) in [4.78, 5) is 19.9. The van der Waals surface area contributed by atoms with Gasteiger partial charge in [-0.15, -0.1) is 0 Å². The number of alkyl halides is 6. The Hall–Kier alpha value is -3.44. The second-order valence-electron chi connectivity index (χ2n) is 6.09. The zero-order valence-corrected chi connectivity index (χ0v) is 14.9. The summed E-state index contributed by atoms with van der Waals surface area (Å²) >= 11 is 0. The van der Waals surface area contributed by atoms with Crippen LogP contribution in [0.3, 0.4) is 0 Å². The molecule has 0 aliphatic heterocycles. The Bertz CT molecular complexity index is 999. The van der Waals surface area contributed by atoms with Crippen molar-refractivity contribution >= 4 is 11.6 Å². The highest BCUT2D eigenvalue weighted by molar-refractivity contribution is 5.91. The molecule has 3 aromatic rings. The molecule has 2 heterocycles. The smallest absolute Gasteiger partial charge is 0.339 e. The van der Waals surface area contributed by atoms with Crippen LogP contribution < -0.4 is 5.32 Å². The maximum absolute atomic E-state index is 12.9. The predicted molar refractivity (Wildman–Crippen MR) is 90.9 cm³/mol. The minimum Gasteiger partial charge on any atom is -0.339 e. The zero-order valence-electron chi connectivity index (χ0n) is 14.9. The molecule has 0 aliphatic rings. The van der Waals surface area contributed by atoms with Crippen LogP contribution in [0.15, 0.2) is 47.2 Å². The first kappa shape index (κ1) is 21.3. The molecule has 3 rings (SSSR count). The maximum Gasteiger partial charge on any atom is 0.416 e. The normalized spacial score (nSPS) is 12.1. The summed E-state index contributed by atoms with van der Waals surface area (Å²) in [5.74, 6) is -0.483. The molecule has 0 atom stereocenters. The van der Waals surface area contributed by atoms with Crippen LogP contribution in [-0.2, 0) is 23.6 Å². The Kier molecular flexibility index (Phi) is 5.76. The molecule has 0 fully saturated rings. The van der Waals surface area contributed by atoms with Gasteiger partial charge in [0.25, 0.3) is 0 Å². The lowest BCUT2D eigenvalue weighted by molar-refractivity contribution is -0.143. The fourth-order valence-corrected chi connectivity index (χ4v) is 2.45. The van der Waals surface area contributed by atoms with Gasteiger partial charge in [-0.05, 0) is 30.3 Å². The maximum atomic E-state index is 12.9. The largest absolute Gasteiger partial charge is 0.416 e. The fraction of sp³-hybridized carbons (Fsp3) is 0.222. The van der Waals surface area contributed by atoms with E-state index >= 15 is 0 Å². The standard InChI is InChI=1S/C18H12F6N4O2/c19-17(20,21)11-7-12(18(22,23)24)9-13(8-11)26-14(29)1-2-15-27-16(28-30-15)10-3-5-25-6-4-10/h3-9H,1-2H2,(H,26,29). The van der Waals surface area contributed by atoms with Crippen molar-refractivity contribution in [2.75, 3.05) is 5.32 Å². The number of aromatic nitrogens is 3. The summed E-state index contributed by atoms with van der Waals surface area (Å²) in [5, 5.41) is 5.77. The fourth-order valence-electron chi connectivity index (χ4n) is 2.45. The molecule has 6 nitrogen and oxygen atoms in total. The molecule has 0 unspecified atom stereocenters. The first-order chi connectivity index (χ1) is 14.0. The number of halogens is 6. The summed E-state index contributed by atoms with van der Waals surface area (Å²) < 4.78 is 82.2. The Morgan fingerprint density at radius 3 is 2.13 bits per heavy atom. The number of hydrogen-bond donors (Lipinski definition) is 1. The second kappa shape index (κ2) is 8.13. The van der Waals surface area contributed by atoms with E-state index in [-0.39, 0.29) is 30.6 Å². The van der Waals surface area contributed by atoms with Crippen molar-refractivity contribution in [1.82, 2.24) is 15.1 Å². The Labute approximate surface area is 164 Å². The van der Waals surface area contributed by atoms with Crippen molar-refractivity contribution < 1.29 is 35.7 Å². The van der Waals surface area contributed by atoms with Crippen molar-refractivity contribution in [3.63, 3.8) is 0 Å². The molecule has 1 N–H and O–H groups in total. The zero-order chi connectivity index (χ0) is 21.9. The van der Waals surface area contributed by atoms with Crippen molar-refractivity contribution in [3.8, 4) is 11.4 Å². The Balaban J connectivity index is 1.68. The highest BCUT2D eigenvalue weighted by Gasteiger charge is 2.37. The molecular weight excluding hydrogens is 418 g/mol. The first-order valence-electron chi connectivity index (χ1n) is 8.35. The molecule has 0 aliphatic carbocycles. The SMILES string of the molecule is O=C(CCc1nc(-c2ccncc2)no1)Nc1cc(C(F)(F)F)cc(C(F)(F)F)c1. The number of hydrogen-bond acceptors (Lipinski definition) is 5. The molecule has 1 aromatic carbocycles. The molecule has 1 amide bonds. The lowest BCUT2D eigenvalue weighted by Crippen LogP contribution is -2.16. The topological polar surface area (TPSA) is 80.9 Å². The summed E-state index contributed by atoms with van der Waals surface area (Å²) in [6.07, 6.45) is -7.33. The third-order valence-corrected chi connectivity index (χ3v) is 3.84. The molecule has 158 valence electrons. The average Bonchev–Trinajstić information content (AvgIpc) is 3.14. The van der Waals surface area contributed by atoms with E-state index in [2.05, 4.69) is 15.1 Å². The average molecular weight is 430 g/mol. The van der Waals surface area contributed by atoms with E-state index in [1.807, 2.05) is 5.32 Å². The van der Waals surface area contributed by atoms with E-state index in [1.165, 1.54) is 12.4 Å². The van der Waals surface area contributed by atoms with Gasteiger partial charge >= 0.3 is 12.4 Å². The number of nitrogens with one attached hydrogen (secondary N) is 1. The van der Waals surface area contributed by atoms with Crippen LogP contribution in [0.1, 0.15) is 23.4 Å². The number of pyridine rings is 1. The van der Waals surface area contributed by atoms with Gasteiger partial charge in [0.1, 0.15) is 0 Å². The van der Waals surface area contributed by atoms with Crippen LogP contribution in [0.2, 0.25) is 0 Å². The molecule has 12 heteroatoms. The number of nitrogens with zero attached hydrogens (tertiary/aromatic N) is 3. The second-order valence-corrected chi connectivity index (χ2v) is 6.09. The van der Waals surface area contributed by atoms with Gasteiger partial charge in [0.05, 0.1) is 11.1 Å². The van der Waals surface area contributed by atoms with Crippen LogP contribution in [0.25, 0.3) is 11.4 Å². The molecule has 0 spiro atoms. The first-order valence-corrected chi connectivity index (χ1v) is 8.35. The van der Waals surface area contributed by atoms with Crippen LogP contribution in [0.5, 0.6) is 0 Å². The molecular formula is C18H12F6N4O2. The third kappa shape index (κ3) is 5.33. The number of carbonyl (C=O) groups is 1. The van der Waals surface area contributed by atoms with Crippen molar-refractivity contribution in [2.24, 2.45) is 0 Å². The van der Waals surface area contributed by atoms with Crippen LogP contribution in [0, 0.1) is 0 Å². The van der Waals surface area contributed by atoms with Gasteiger partial charge in [0.2, 0.25) is 17.6 Å². The van der Waals surface area contributed by atoms with E-state index in [1.54, 1.807) is 12.1 Å². The molecule has 30 heavy (non-hydrogen) atoms. The molecule has 0 bridgehead atoms. The molecule has 0 saturated heterocycles. The number of carbonyl (C=O) groups excluding carboxylic acids is 1. The third-order valence-electron chi connectivity index (χ3n) is 3.84. The van der Waals surface area contributed by atoms with Gasteiger partial charge < -0.3 is 9.84 Å². The van der Waals surface area contributed by atoms with Crippen LogP contribution in [0.4, 0.5) is 32.0 Å². The number of anilines is 1. The molecule has 0 saturated carbocycles. The summed E-state index contributed by atoms with van der Waals surface area (Å²) in [5.41, 5.74) is -3.05. The van der Waals surface area contributed by atoms with E-state index in [0.29, 0.717) is 17.7 Å². The predicted octanol–water partition coefficient (Wildman–Crippen LogP) is 4.74. The van der Waals surface area contributed by atoms with Crippen molar-refractivity contribution in [1.29, 1.82) is 0 Å². The Morgan fingerprint density at radius 1 is 0.967 bits per heavy atom. The number of aryl methyl sites for hydroxylation is 1. The monoisotopic (exact) mass is 430 g/mol. The number of benzene rings is 1. The summed E-state index contributed by atoms with van der Waals surface area (Å²) in [6.45, 7) is 0. The van der Waals surface area contributed by atoms with E-state index in [9.17, 15) is 31.1 Å². The van der Waals surface area contributed by atoms with Gasteiger partial charge in [0, 0.05) is 36.5 Å². The van der Waals surface area contributed by atoms with E-state index in [0.717, 1.165) is 0 Å². The van der Waals surface area contributed by atoms with Gasteiger partial charge in [-0.2, -0.15) is 31.3 Å². The van der Waals surface area contributed by atoms with E-state index < -0.39 is 35.1 Å². The summed E-state index contributed by atoms with van der Waals surface area (Å²) in [6, 6.07) is 4.11.